The zero-order valence-corrected chi connectivity index (χ0v) is 16.5. The van der Waals surface area contributed by atoms with Gasteiger partial charge in [-0.05, 0) is 25.1 Å². The Labute approximate surface area is 179 Å². The lowest BCUT2D eigenvalue weighted by atomic mass is 10.00. The first-order valence-corrected chi connectivity index (χ1v) is 9.50. The second-order valence-electron chi connectivity index (χ2n) is 7.43. The predicted molar refractivity (Wildman–Crippen MR) is 108 cm³/mol. The number of rotatable bonds is 3. The number of fused-ring (bicyclic) bond motifs is 1. The van der Waals surface area contributed by atoms with E-state index in [1.165, 1.54) is 13.0 Å². The molecule has 2 heterocycles. The monoisotopic (exact) mass is 448 g/mol. The molecule has 0 aliphatic carbocycles. The van der Waals surface area contributed by atoms with Gasteiger partial charge in [-0.15, -0.1) is 0 Å². The minimum absolute atomic E-state index is 0.0658. The summed E-state index contributed by atoms with van der Waals surface area (Å²) in [6.45, 7) is 1.42. The van der Waals surface area contributed by atoms with Gasteiger partial charge in [-0.25, -0.2) is 0 Å². The highest BCUT2D eigenvalue weighted by Gasteiger charge is 2.44. The van der Waals surface area contributed by atoms with Gasteiger partial charge in [0, 0.05) is 17.7 Å². The van der Waals surface area contributed by atoms with Crippen LogP contribution in [0.1, 0.15) is 6.92 Å². The molecule has 0 unspecified atom stereocenters. The van der Waals surface area contributed by atoms with Gasteiger partial charge in [-0.3, -0.25) is 4.79 Å². The first kappa shape index (κ1) is 21.7. The molecular weight excluding hydrogens is 428 g/mol. The van der Waals surface area contributed by atoms with Gasteiger partial charge < -0.3 is 49.6 Å². The van der Waals surface area contributed by atoms with Gasteiger partial charge in [0.1, 0.15) is 40.8 Å². The van der Waals surface area contributed by atoms with Gasteiger partial charge in [-0.2, -0.15) is 0 Å². The number of aliphatic hydroxyl groups is 3. The molecule has 4 rings (SSSR count). The number of benzene rings is 2. The van der Waals surface area contributed by atoms with Crippen molar-refractivity contribution in [2.75, 3.05) is 0 Å². The van der Waals surface area contributed by atoms with Crippen molar-refractivity contribution in [1.29, 1.82) is 0 Å². The van der Waals surface area contributed by atoms with Crippen LogP contribution >= 0.6 is 0 Å². The van der Waals surface area contributed by atoms with Crippen LogP contribution in [-0.4, -0.2) is 66.5 Å². The number of hydrogen-bond acceptors (Lipinski definition) is 11. The van der Waals surface area contributed by atoms with E-state index in [0.717, 1.165) is 24.3 Å². The highest BCUT2D eigenvalue weighted by atomic mass is 16.7. The molecule has 32 heavy (non-hydrogen) atoms. The van der Waals surface area contributed by atoms with E-state index in [0.29, 0.717) is 0 Å². The summed E-state index contributed by atoms with van der Waals surface area (Å²) in [7, 11) is 0. The van der Waals surface area contributed by atoms with E-state index in [1.807, 2.05) is 0 Å². The van der Waals surface area contributed by atoms with E-state index < -0.39 is 59.1 Å². The lowest BCUT2D eigenvalue weighted by Crippen LogP contribution is -2.58. The molecule has 1 aliphatic heterocycles. The smallest absolute Gasteiger partial charge is 0.239 e. The Morgan fingerprint density at radius 2 is 1.59 bits per heavy atom. The Bertz CT molecular complexity index is 1230. The molecule has 2 aromatic carbocycles. The van der Waals surface area contributed by atoms with Crippen LogP contribution in [0, 0.1) is 0 Å². The Morgan fingerprint density at radius 3 is 2.28 bits per heavy atom. The predicted octanol–water partition coefficient (Wildman–Crippen LogP) is 0.489. The number of ether oxygens (including phenoxy) is 2. The maximum Gasteiger partial charge on any atom is 0.239 e. The Hall–Kier alpha value is -3.51. The molecule has 170 valence electrons. The van der Waals surface area contributed by atoms with Gasteiger partial charge in [0.05, 0.1) is 6.10 Å². The molecule has 1 fully saturated rings. The number of phenols is 4. The normalized spacial score (nSPS) is 25.7. The summed E-state index contributed by atoms with van der Waals surface area (Å²) in [5.74, 6) is -2.80. The topological polar surface area (TPSA) is 190 Å². The lowest BCUT2D eigenvalue weighted by molar-refractivity contribution is -0.268. The van der Waals surface area contributed by atoms with Gasteiger partial charge >= 0.3 is 0 Å². The van der Waals surface area contributed by atoms with Crippen LogP contribution in [0.15, 0.2) is 39.5 Å². The third kappa shape index (κ3) is 3.56. The van der Waals surface area contributed by atoms with Gasteiger partial charge in [0.25, 0.3) is 0 Å². The average molecular weight is 448 g/mol. The largest absolute Gasteiger partial charge is 0.508 e. The van der Waals surface area contributed by atoms with E-state index in [-0.39, 0.29) is 28.0 Å². The first-order chi connectivity index (χ1) is 15.1. The standard InChI is InChI=1S/C21H20O11/c1-7-15(26)17(28)18(29)21(30-7)32-20-16(27)14-12(25)5-9(22)6-13(14)31-19(20)8-2-3-10(23)11(24)4-8/h2-7,15,17-18,21-26,28-29H,1H3/t7-,15+,17+,18-,21+/m0/s1. The third-order valence-electron chi connectivity index (χ3n) is 5.20. The van der Waals surface area contributed by atoms with Crippen molar-refractivity contribution in [3.63, 3.8) is 0 Å². The van der Waals surface area contributed by atoms with E-state index in [1.54, 1.807) is 0 Å². The Balaban J connectivity index is 1.92. The molecule has 1 saturated heterocycles. The summed E-state index contributed by atoms with van der Waals surface area (Å²) in [6, 6.07) is 5.51. The van der Waals surface area contributed by atoms with Crippen molar-refractivity contribution >= 4 is 11.0 Å². The zero-order chi connectivity index (χ0) is 23.3. The molecule has 7 N–H and O–H groups in total. The average Bonchev–Trinajstić information content (AvgIpc) is 2.73. The van der Waals surface area contributed by atoms with Crippen LogP contribution in [0.3, 0.4) is 0 Å². The number of phenolic OH excluding ortho intramolecular Hbond substituents is 4. The minimum atomic E-state index is -1.74. The van der Waals surface area contributed by atoms with Crippen molar-refractivity contribution in [2.24, 2.45) is 0 Å². The van der Waals surface area contributed by atoms with Gasteiger partial charge in [0.2, 0.25) is 17.5 Å². The molecule has 11 heteroatoms. The number of hydrogen-bond donors (Lipinski definition) is 7. The van der Waals surface area contributed by atoms with E-state index in [2.05, 4.69) is 0 Å². The highest BCUT2D eigenvalue weighted by molar-refractivity contribution is 5.88. The van der Waals surface area contributed by atoms with Gasteiger partial charge in [0.15, 0.2) is 17.3 Å². The molecule has 3 aromatic rings. The van der Waals surface area contributed by atoms with Crippen LogP contribution in [0.25, 0.3) is 22.3 Å². The van der Waals surface area contributed by atoms with E-state index in [9.17, 15) is 40.5 Å². The van der Waals surface area contributed by atoms with Crippen molar-refractivity contribution in [3.05, 3.63) is 40.6 Å². The quantitative estimate of drug-likeness (QED) is 0.276. The molecule has 11 nitrogen and oxygen atoms in total. The third-order valence-corrected chi connectivity index (χ3v) is 5.20. The SMILES string of the molecule is C[C@@H]1O[C@H](Oc2c(-c3ccc(O)c(O)c3)oc3cc(O)cc(O)c3c2=O)[C@@H](O)[C@H](O)[C@@H]1O. The van der Waals surface area contributed by atoms with Crippen LogP contribution in [-0.2, 0) is 4.74 Å². The summed E-state index contributed by atoms with van der Waals surface area (Å²) >= 11 is 0. The van der Waals surface area contributed by atoms with Crippen molar-refractivity contribution in [1.82, 2.24) is 0 Å². The molecule has 0 radical (unpaired) electrons. The molecule has 0 saturated carbocycles. The minimum Gasteiger partial charge on any atom is -0.508 e. The van der Waals surface area contributed by atoms with Crippen LogP contribution < -0.4 is 10.2 Å². The second kappa shape index (κ2) is 7.88. The molecule has 0 spiro atoms. The molecule has 0 bridgehead atoms. The maximum absolute atomic E-state index is 13.2. The summed E-state index contributed by atoms with van der Waals surface area (Å²) in [4.78, 5) is 13.2. The van der Waals surface area contributed by atoms with Crippen molar-refractivity contribution in [3.8, 4) is 40.1 Å². The van der Waals surface area contributed by atoms with E-state index in [4.69, 9.17) is 13.9 Å². The molecular formula is C21H20O11. The fourth-order valence-corrected chi connectivity index (χ4v) is 3.46. The summed E-state index contributed by atoms with van der Waals surface area (Å²) in [5.41, 5.74) is -1.05. The highest BCUT2D eigenvalue weighted by Crippen LogP contribution is 2.39. The van der Waals surface area contributed by atoms with Crippen LogP contribution in [0.2, 0.25) is 0 Å². The molecule has 1 aliphatic rings. The second-order valence-corrected chi connectivity index (χ2v) is 7.43. The van der Waals surface area contributed by atoms with Crippen molar-refractivity contribution in [2.45, 2.75) is 37.6 Å². The number of aliphatic hydroxyl groups excluding tert-OH is 3. The maximum atomic E-state index is 13.2. The molecule has 5 atom stereocenters. The Kier molecular flexibility index (Phi) is 5.34. The molecule has 0 amide bonds. The van der Waals surface area contributed by atoms with Crippen LogP contribution in [0.4, 0.5) is 0 Å². The molecule has 1 aromatic heterocycles. The lowest BCUT2D eigenvalue weighted by Gasteiger charge is -2.38. The summed E-state index contributed by atoms with van der Waals surface area (Å²) in [5, 5.41) is 69.2. The zero-order valence-electron chi connectivity index (χ0n) is 16.5. The summed E-state index contributed by atoms with van der Waals surface area (Å²) < 4.78 is 16.6. The first-order valence-electron chi connectivity index (χ1n) is 9.50. The summed E-state index contributed by atoms with van der Waals surface area (Å²) in [6.07, 6.45) is -7.35. The van der Waals surface area contributed by atoms with Crippen LogP contribution in [0.5, 0.6) is 28.7 Å². The van der Waals surface area contributed by atoms with E-state index >= 15 is 0 Å². The van der Waals surface area contributed by atoms with Gasteiger partial charge in [-0.1, -0.05) is 0 Å². The Morgan fingerprint density at radius 1 is 0.875 bits per heavy atom. The fourth-order valence-electron chi connectivity index (χ4n) is 3.46. The fraction of sp³-hybridized carbons (Fsp3) is 0.286. The number of aromatic hydroxyl groups is 4. The van der Waals surface area contributed by atoms with Crippen molar-refractivity contribution < 1.29 is 49.6 Å².